The zero-order chi connectivity index (χ0) is 10.3. The topological polar surface area (TPSA) is 12.0 Å². The molecule has 14 heavy (non-hydrogen) atoms. The van der Waals surface area contributed by atoms with E-state index in [4.69, 9.17) is 0 Å². The average Bonchev–Trinajstić information content (AvgIpc) is 2.68. The maximum atomic E-state index is 3.40. The fraction of sp³-hybridized carbons (Fsp3) is 0.538. The van der Waals surface area contributed by atoms with E-state index >= 15 is 0 Å². The predicted molar refractivity (Wildman–Crippen MR) is 60.5 cm³/mol. The summed E-state index contributed by atoms with van der Waals surface area (Å²) in [5, 5.41) is 3.40. The minimum atomic E-state index is 0.419. The standard InChI is InChI=1S/C13H19N/c1-9-6-5-7-10(8-9)11-12(14-4)13(11,2)3/h5-8,11-12,14H,1-4H3. The van der Waals surface area contributed by atoms with Crippen LogP contribution in [-0.4, -0.2) is 13.1 Å². The second kappa shape index (κ2) is 3.09. The highest BCUT2D eigenvalue weighted by Gasteiger charge is 2.57. The molecule has 1 saturated carbocycles. The Morgan fingerprint density at radius 1 is 1.29 bits per heavy atom. The Kier molecular flexibility index (Phi) is 2.15. The zero-order valence-corrected chi connectivity index (χ0v) is 9.46. The molecule has 2 rings (SSSR count). The average molecular weight is 189 g/mol. The molecule has 1 nitrogen and oxygen atoms in total. The third-order valence-electron chi connectivity index (χ3n) is 3.54. The minimum Gasteiger partial charge on any atom is -0.316 e. The van der Waals surface area contributed by atoms with Crippen molar-refractivity contribution in [1.82, 2.24) is 5.32 Å². The second-order valence-corrected chi connectivity index (χ2v) is 4.98. The molecule has 0 amide bonds. The van der Waals surface area contributed by atoms with Crippen LogP contribution in [0.15, 0.2) is 24.3 Å². The summed E-state index contributed by atoms with van der Waals surface area (Å²) in [6, 6.07) is 9.52. The monoisotopic (exact) mass is 189 g/mol. The second-order valence-electron chi connectivity index (χ2n) is 4.98. The minimum absolute atomic E-state index is 0.419. The Balaban J connectivity index is 2.26. The summed E-state index contributed by atoms with van der Waals surface area (Å²) in [4.78, 5) is 0. The van der Waals surface area contributed by atoms with Crippen LogP contribution in [0.2, 0.25) is 0 Å². The molecule has 1 aromatic carbocycles. The molecule has 0 saturated heterocycles. The van der Waals surface area contributed by atoms with Crippen molar-refractivity contribution in [3.8, 4) is 0 Å². The van der Waals surface area contributed by atoms with E-state index in [2.05, 4.69) is 57.4 Å². The normalized spacial score (nSPS) is 28.9. The van der Waals surface area contributed by atoms with Crippen molar-refractivity contribution in [2.75, 3.05) is 7.05 Å². The molecular weight excluding hydrogens is 170 g/mol. The molecule has 1 aliphatic rings. The van der Waals surface area contributed by atoms with Crippen molar-refractivity contribution < 1.29 is 0 Å². The summed E-state index contributed by atoms with van der Waals surface area (Å²) in [5.41, 5.74) is 3.26. The fourth-order valence-corrected chi connectivity index (χ4v) is 2.66. The molecule has 1 aromatic rings. The first-order chi connectivity index (χ1) is 6.57. The third-order valence-corrected chi connectivity index (χ3v) is 3.54. The van der Waals surface area contributed by atoms with Crippen LogP contribution in [0.1, 0.15) is 30.9 Å². The molecule has 0 radical (unpaired) electrons. The first kappa shape index (κ1) is 9.72. The number of aryl methyl sites for hydroxylation is 1. The summed E-state index contributed by atoms with van der Waals surface area (Å²) in [6.07, 6.45) is 0. The molecule has 0 spiro atoms. The van der Waals surface area contributed by atoms with E-state index < -0.39 is 0 Å². The molecular formula is C13H19N. The van der Waals surface area contributed by atoms with Crippen LogP contribution in [0.25, 0.3) is 0 Å². The highest BCUT2D eigenvalue weighted by atomic mass is 15.0. The molecule has 2 atom stereocenters. The lowest BCUT2D eigenvalue weighted by molar-refractivity contribution is 0.567. The van der Waals surface area contributed by atoms with Gasteiger partial charge in [0.25, 0.3) is 0 Å². The molecule has 1 aliphatic carbocycles. The first-order valence-electron chi connectivity index (χ1n) is 5.31. The first-order valence-corrected chi connectivity index (χ1v) is 5.31. The van der Waals surface area contributed by atoms with E-state index in [1.54, 1.807) is 0 Å². The van der Waals surface area contributed by atoms with Gasteiger partial charge >= 0.3 is 0 Å². The smallest absolute Gasteiger partial charge is 0.0196 e. The maximum Gasteiger partial charge on any atom is 0.0196 e. The van der Waals surface area contributed by atoms with Gasteiger partial charge in [0.15, 0.2) is 0 Å². The van der Waals surface area contributed by atoms with E-state index in [1.165, 1.54) is 11.1 Å². The maximum absolute atomic E-state index is 3.40. The highest BCUT2D eigenvalue weighted by Crippen LogP contribution is 2.58. The Morgan fingerprint density at radius 2 is 2.00 bits per heavy atom. The third kappa shape index (κ3) is 1.36. The van der Waals surface area contributed by atoms with Crippen LogP contribution in [-0.2, 0) is 0 Å². The van der Waals surface area contributed by atoms with Crippen molar-refractivity contribution in [2.45, 2.75) is 32.7 Å². The Hall–Kier alpha value is -0.820. The van der Waals surface area contributed by atoms with E-state index in [9.17, 15) is 0 Å². The SMILES string of the molecule is CNC1C(c2cccc(C)c2)C1(C)C. The van der Waals surface area contributed by atoms with Gasteiger partial charge in [-0.25, -0.2) is 0 Å². The van der Waals surface area contributed by atoms with Crippen molar-refractivity contribution in [1.29, 1.82) is 0 Å². The molecule has 1 N–H and O–H groups in total. The number of hydrogen-bond acceptors (Lipinski definition) is 1. The van der Waals surface area contributed by atoms with Crippen molar-refractivity contribution in [3.63, 3.8) is 0 Å². The number of hydrogen-bond donors (Lipinski definition) is 1. The van der Waals surface area contributed by atoms with E-state index in [0.29, 0.717) is 17.4 Å². The van der Waals surface area contributed by atoms with E-state index in [-0.39, 0.29) is 0 Å². The van der Waals surface area contributed by atoms with E-state index in [0.717, 1.165) is 0 Å². The number of benzene rings is 1. The quantitative estimate of drug-likeness (QED) is 0.754. The molecule has 76 valence electrons. The van der Waals surface area contributed by atoms with Gasteiger partial charge < -0.3 is 5.32 Å². The van der Waals surface area contributed by atoms with Gasteiger partial charge in [-0.05, 0) is 24.9 Å². The highest BCUT2D eigenvalue weighted by molar-refractivity contribution is 5.36. The van der Waals surface area contributed by atoms with Gasteiger partial charge in [0, 0.05) is 12.0 Å². The van der Waals surface area contributed by atoms with Crippen molar-refractivity contribution in [2.24, 2.45) is 5.41 Å². The van der Waals surface area contributed by atoms with Crippen LogP contribution >= 0.6 is 0 Å². The molecule has 0 bridgehead atoms. The Morgan fingerprint density at radius 3 is 2.50 bits per heavy atom. The van der Waals surface area contributed by atoms with Gasteiger partial charge in [0.1, 0.15) is 0 Å². The van der Waals surface area contributed by atoms with Crippen LogP contribution < -0.4 is 5.32 Å². The summed E-state index contributed by atoms with van der Waals surface area (Å²) in [5.74, 6) is 0.687. The summed E-state index contributed by atoms with van der Waals surface area (Å²) >= 11 is 0. The van der Waals surface area contributed by atoms with Gasteiger partial charge in [-0.1, -0.05) is 43.7 Å². The molecule has 1 heteroatoms. The summed E-state index contributed by atoms with van der Waals surface area (Å²) < 4.78 is 0. The van der Waals surface area contributed by atoms with E-state index in [1.807, 2.05) is 0 Å². The van der Waals surface area contributed by atoms with Crippen LogP contribution in [0.3, 0.4) is 0 Å². The summed E-state index contributed by atoms with van der Waals surface area (Å²) in [7, 11) is 2.06. The lowest BCUT2D eigenvalue weighted by Gasteiger charge is -2.03. The van der Waals surface area contributed by atoms with Crippen molar-refractivity contribution >= 4 is 0 Å². The Bertz CT molecular complexity index is 341. The lowest BCUT2D eigenvalue weighted by Crippen LogP contribution is -2.14. The summed E-state index contributed by atoms with van der Waals surface area (Å²) in [6.45, 7) is 6.83. The number of rotatable bonds is 2. The molecule has 0 heterocycles. The predicted octanol–water partition coefficient (Wildman–Crippen LogP) is 2.71. The zero-order valence-electron chi connectivity index (χ0n) is 9.46. The van der Waals surface area contributed by atoms with Crippen LogP contribution in [0.5, 0.6) is 0 Å². The van der Waals surface area contributed by atoms with Crippen molar-refractivity contribution in [3.05, 3.63) is 35.4 Å². The molecule has 0 aromatic heterocycles. The van der Waals surface area contributed by atoms with Gasteiger partial charge in [-0.15, -0.1) is 0 Å². The molecule has 0 aliphatic heterocycles. The van der Waals surface area contributed by atoms with Crippen LogP contribution in [0, 0.1) is 12.3 Å². The number of likely N-dealkylation sites (N-methyl/N-ethyl adjacent to an activating group) is 1. The van der Waals surface area contributed by atoms with Gasteiger partial charge in [0.05, 0.1) is 0 Å². The van der Waals surface area contributed by atoms with Crippen LogP contribution in [0.4, 0.5) is 0 Å². The molecule has 2 unspecified atom stereocenters. The number of nitrogens with one attached hydrogen (secondary N) is 1. The fourth-order valence-electron chi connectivity index (χ4n) is 2.66. The van der Waals surface area contributed by atoms with Gasteiger partial charge in [-0.2, -0.15) is 0 Å². The lowest BCUT2D eigenvalue weighted by atomic mass is 10.0. The Labute approximate surface area is 86.5 Å². The molecule has 1 fully saturated rings. The van der Waals surface area contributed by atoms with Gasteiger partial charge in [0.2, 0.25) is 0 Å². The largest absolute Gasteiger partial charge is 0.316 e. The van der Waals surface area contributed by atoms with Gasteiger partial charge in [-0.3, -0.25) is 0 Å².